The first kappa shape index (κ1) is 19.6. The number of anilines is 1. The standard InChI is InChI=1S/C23H31N3O/c1-4-21-10-6-8-19(3)23(21)24-22(27)17-26-13-11-25(12-14-26)16-20-9-5-7-18(2)15-20/h5-10,15H,4,11-14,16-17H2,1-3H3,(H,24,27)/p+2. The zero-order valence-electron chi connectivity index (χ0n) is 16.9. The van der Waals surface area contributed by atoms with Gasteiger partial charge in [0.15, 0.2) is 6.54 Å². The van der Waals surface area contributed by atoms with Crippen LogP contribution in [0.2, 0.25) is 0 Å². The first-order valence-corrected chi connectivity index (χ1v) is 10.2. The van der Waals surface area contributed by atoms with E-state index in [-0.39, 0.29) is 5.91 Å². The van der Waals surface area contributed by atoms with Gasteiger partial charge in [-0.3, -0.25) is 4.79 Å². The lowest BCUT2D eigenvalue weighted by Crippen LogP contribution is -3.28. The summed E-state index contributed by atoms with van der Waals surface area (Å²) in [6, 6.07) is 15.0. The SMILES string of the molecule is CCc1cccc(C)c1NC(=O)C[NH+]1CC[NH+](Cc2cccc(C)c2)CC1. The van der Waals surface area contributed by atoms with Crippen LogP contribution in [0.25, 0.3) is 0 Å². The maximum atomic E-state index is 12.6. The van der Waals surface area contributed by atoms with Crippen LogP contribution in [0.1, 0.15) is 29.2 Å². The van der Waals surface area contributed by atoms with Crippen molar-refractivity contribution in [2.45, 2.75) is 33.7 Å². The molecule has 0 atom stereocenters. The van der Waals surface area contributed by atoms with Gasteiger partial charge in [0, 0.05) is 11.3 Å². The zero-order valence-corrected chi connectivity index (χ0v) is 16.9. The summed E-state index contributed by atoms with van der Waals surface area (Å²) < 4.78 is 0. The van der Waals surface area contributed by atoms with Crippen molar-refractivity contribution in [3.8, 4) is 0 Å². The Bertz CT molecular complexity index is 779. The molecule has 2 aromatic carbocycles. The Balaban J connectivity index is 1.48. The highest BCUT2D eigenvalue weighted by Gasteiger charge is 2.25. The number of hydrogen-bond donors (Lipinski definition) is 3. The van der Waals surface area contributed by atoms with Gasteiger partial charge in [-0.25, -0.2) is 0 Å². The molecule has 0 spiro atoms. The second kappa shape index (κ2) is 9.16. The molecule has 4 heteroatoms. The third kappa shape index (κ3) is 5.41. The minimum atomic E-state index is 0.135. The fraction of sp³-hybridized carbons (Fsp3) is 0.435. The normalized spacial score (nSPS) is 19.7. The third-order valence-corrected chi connectivity index (χ3v) is 5.62. The van der Waals surface area contributed by atoms with E-state index in [9.17, 15) is 4.79 Å². The molecule has 4 nitrogen and oxygen atoms in total. The summed E-state index contributed by atoms with van der Waals surface area (Å²) in [5, 5.41) is 3.17. The van der Waals surface area contributed by atoms with Crippen LogP contribution in [-0.2, 0) is 17.8 Å². The van der Waals surface area contributed by atoms with Gasteiger partial charge in [0.2, 0.25) is 0 Å². The monoisotopic (exact) mass is 367 g/mol. The van der Waals surface area contributed by atoms with Gasteiger partial charge in [-0.1, -0.05) is 55.0 Å². The van der Waals surface area contributed by atoms with Gasteiger partial charge in [-0.05, 0) is 31.4 Å². The predicted molar refractivity (Wildman–Crippen MR) is 110 cm³/mol. The summed E-state index contributed by atoms with van der Waals surface area (Å²) >= 11 is 0. The number of para-hydroxylation sites is 1. The maximum absolute atomic E-state index is 12.6. The average molecular weight is 368 g/mol. The lowest BCUT2D eigenvalue weighted by atomic mass is 10.1. The number of amides is 1. The van der Waals surface area contributed by atoms with Crippen molar-refractivity contribution in [2.24, 2.45) is 0 Å². The number of hydrogen-bond acceptors (Lipinski definition) is 1. The largest absolute Gasteiger partial charge is 0.322 e. The van der Waals surface area contributed by atoms with E-state index in [0.717, 1.165) is 50.4 Å². The van der Waals surface area contributed by atoms with Crippen molar-refractivity contribution in [1.82, 2.24) is 0 Å². The Morgan fingerprint density at radius 1 is 1.00 bits per heavy atom. The van der Waals surface area contributed by atoms with E-state index in [1.165, 1.54) is 21.6 Å². The lowest BCUT2D eigenvalue weighted by molar-refractivity contribution is -1.02. The molecule has 0 aromatic heterocycles. The summed E-state index contributed by atoms with van der Waals surface area (Å²) in [7, 11) is 0. The molecule has 3 rings (SSSR count). The smallest absolute Gasteiger partial charge is 0.279 e. The maximum Gasteiger partial charge on any atom is 0.279 e. The number of carbonyl (C=O) groups excluding carboxylic acids is 1. The second-order valence-electron chi connectivity index (χ2n) is 7.85. The van der Waals surface area contributed by atoms with Crippen molar-refractivity contribution in [2.75, 3.05) is 38.0 Å². The van der Waals surface area contributed by atoms with Gasteiger partial charge in [0.05, 0.1) is 0 Å². The topological polar surface area (TPSA) is 38.0 Å². The number of carbonyl (C=O) groups is 1. The minimum absolute atomic E-state index is 0.135. The van der Waals surface area contributed by atoms with Crippen LogP contribution in [-0.4, -0.2) is 38.6 Å². The van der Waals surface area contributed by atoms with Gasteiger partial charge in [-0.2, -0.15) is 0 Å². The minimum Gasteiger partial charge on any atom is -0.322 e. The zero-order chi connectivity index (χ0) is 19.2. The van der Waals surface area contributed by atoms with Crippen LogP contribution in [0.4, 0.5) is 5.69 Å². The van der Waals surface area contributed by atoms with Crippen LogP contribution in [0.5, 0.6) is 0 Å². The average Bonchev–Trinajstić information content (AvgIpc) is 2.65. The summed E-state index contributed by atoms with van der Waals surface area (Å²) in [4.78, 5) is 15.6. The molecule has 2 aromatic rings. The van der Waals surface area contributed by atoms with Gasteiger partial charge in [0.25, 0.3) is 5.91 Å². The fourth-order valence-electron chi connectivity index (χ4n) is 4.03. The van der Waals surface area contributed by atoms with Gasteiger partial charge >= 0.3 is 0 Å². The third-order valence-electron chi connectivity index (χ3n) is 5.62. The Hall–Kier alpha value is -2.17. The molecule has 0 unspecified atom stereocenters. The molecular weight excluding hydrogens is 334 g/mol. The fourth-order valence-corrected chi connectivity index (χ4v) is 4.03. The second-order valence-corrected chi connectivity index (χ2v) is 7.85. The van der Waals surface area contributed by atoms with Gasteiger partial charge < -0.3 is 15.1 Å². The molecule has 1 heterocycles. The predicted octanol–water partition coefficient (Wildman–Crippen LogP) is 0.788. The number of piperazine rings is 1. The Kier molecular flexibility index (Phi) is 6.64. The Labute approximate surface area is 163 Å². The number of quaternary nitrogens is 2. The number of benzene rings is 2. The molecule has 1 amide bonds. The first-order chi connectivity index (χ1) is 13.0. The van der Waals surface area contributed by atoms with E-state index >= 15 is 0 Å². The Morgan fingerprint density at radius 3 is 2.41 bits per heavy atom. The molecule has 0 bridgehead atoms. The molecule has 0 aliphatic carbocycles. The molecule has 0 radical (unpaired) electrons. The van der Waals surface area contributed by atoms with Crippen LogP contribution < -0.4 is 15.1 Å². The molecule has 144 valence electrons. The van der Waals surface area contributed by atoms with E-state index in [0.29, 0.717) is 6.54 Å². The molecule has 27 heavy (non-hydrogen) atoms. The van der Waals surface area contributed by atoms with Crippen molar-refractivity contribution in [3.63, 3.8) is 0 Å². The van der Waals surface area contributed by atoms with E-state index in [1.54, 1.807) is 4.90 Å². The van der Waals surface area contributed by atoms with Crippen LogP contribution >= 0.6 is 0 Å². The quantitative estimate of drug-likeness (QED) is 0.694. The van der Waals surface area contributed by atoms with E-state index in [2.05, 4.69) is 68.6 Å². The highest BCUT2D eigenvalue weighted by atomic mass is 16.2. The van der Waals surface area contributed by atoms with Gasteiger partial charge in [0.1, 0.15) is 32.7 Å². The van der Waals surface area contributed by atoms with Crippen molar-refractivity contribution < 1.29 is 14.6 Å². The summed E-state index contributed by atoms with van der Waals surface area (Å²) in [6.07, 6.45) is 0.936. The molecule has 3 N–H and O–H groups in total. The van der Waals surface area contributed by atoms with E-state index in [1.807, 2.05) is 0 Å². The summed E-state index contributed by atoms with van der Waals surface area (Å²) in [5.41, 5.74) is 6.11. The number of nitrogens with one attached hydrogen (secondary N) is 3. The van der Waals surface area contributed by atoms with Gasteiger partial charge in [-0.15, -0.1) is 0 Å². The Morgan fingerprint density at radius 2 is 1.70 bits per heavy atom. The molecule has 1 fully saturated rings. The van der Waals surface area contributed by atoms with Crippen LogP contribution in [0, 0.1) is 13.8 Å². The molecule has 1 aliphatic heterocycles. The molecule has 1 aliphatic rings. The summed E-state index contributed by atoms with van der Waals surface area (Å²) in [6.45, 7) is 12.4. The number of rotatable bonds is 6. The van der Waals surface area contributed by atoms with E-state index < -0.39 is 0 Å². The molecule has 1 saturated heterocycles. The van der Waals surface area contributed by atoms with Crippen LogP contribution in [0.3, 0.4) is 0 Å². The van der Waals surface area contributed by atoms with Crippen molar-refractivity contribution in [3.05, 3.63) is 64.7 Å². The van der Waals surface area contributed by atoms with Crippen molar-refractivity contribution >= 4 is 11.6 Å². The van der Waals surface area contributed by atoms with E-state index in [4.69, 9.17) is 0 Å². The lowest BCUT2D eigenvalue weighted by Gasteiger charge is -2.29. The molecular formula is C23H33N3O+2. The molecule has 0 saturated carbocycles. The first-order valence-electron chi connectivity index (χ1n) is 10.2. The highest BCUT2D eigenvalue weighted by Crippen LogP contribution is 2.20. The van der Waals surface area contributed by atoms with Crippen molar-refractivity contribution in [1.29, 1.82) is 0 Å². The highest BCUT2D eigenvalue weighted by molar-refractivity contribution is 5.93. The van der Waals surface area contributed by atoms with Crippen LogP contribution in [0.15, 0.2) is 42.5 Å². The number of aryl methyl sites for hydroxylation is 3. The summed E-state index contributed by atoms with van der Waals surface area (Å²) in [5.74, 6) is 0.135.